The van der Waals surface area contributed by atoms with Gasteiger partial charge in [-0.15, -0.1) is 11.8 Å². The van der Waals surface area contributed by atoms with Gasteiger partial charge in [-0.3, -0.25) is 0 Å². The summed E-state index contributed by atoms with van der Waals surface area (Å²) in [6, 6.07) is 0. The molecule has 0 saturated heterocycles. The van der Waals surface area contributed by atoms with E-state index in [0.717, 1.165) is 5.92 Å². The molecule has 1 aliphatic rings. The first kappa shape index (κ1) is 8.92. The Bertz CT molecular complexity index is 187. The molecule has 1 rings (SSSR count). The lowest BCUT2D eigenvalue weighted by Gasteiger charge is -2.15. The van der Waals surface area contributed by atoms with Crippen molar-refractivity contribution >= 4 is 11.8 Å². The van der Waals surface area contributed by atoms with E-state index < -0.39 is 0 Å². The summed E-state index contributed by atoms with van der Waals surface area (Å²) in [5.41, 5.74) is 1.61. The molecular formula is C10H16S. The fourth-order valence-corrected chi connectivity index (χ4v) is 1.85. The zero-order valence-electron chi connectivity index (χ0n) is 7.55. The van der Waals surface area contributed by atoms with Gasteiger partial charge in [-0.25, -0.2) is 0 Å². The molecule has 0 aromatic rings. The highest BCUT2D eigenvalue weighted by molar-refractivity contribution is 8.02. The quantitative estimate of drug-likeness (QED) is 0.607. The zero-order chi connectivity index (χ0) is 8.27. The summed E-state index contributed by atoms with van der Waals surface area (Å²) in [6.45, 7) is 4.55. The highest BCUT2D eigenvalue weighted by Crippen LogP contribution is 2.27. The molecule has 0 spiro atoms. The van der Waals surface area contributed by atoms with Crippen molar-refractivity contribution < 1.29 is 0 Å². The molecule has 0 nitrogen and oxygen atoms in total. The first-order chi connectivity index (χ1) is 5.24. The smallest absolute Gasteiger partial charge is 0.00289 e. The Kier molecular flexibility index (Phi) is 3.25. The van der Waals surface area contributed by atoms with Gasteiger partial charge in [0.25, 0.3) is 0 Å². The first-order valence-corrected chi connectivity index (χ1v) is 5.41. The summed E-state index contributed by atoms with van der Waals surface area (Å²) in [5.74, 6) is 0.728. The first-order valence-electron chi connectivity index (χ1n) is 4.18. The van der Waals surface area contributed by atoms with Crippen LogP contribution in [0.1, 0.15) is 26.7 Å². The summed E-state index contributed by atoms with van der Waals surface area (Å²) in [4.78, 5) is 1.44. The van der Waals surface area contributed by atoms with Crippen molar-refractivity contribution in [2.45, 2.75) is 26.7 Å². The van der Waals surface area contributed by atoms with Crippen molar-refractivity contribution in [1.29, 1.82) is 0 Å². The van der Waals surface area contributed by atoms with E-state index in [1.54, 1.807) is 5.57 Å². The number of hydrogen-bond acceptors (Lipinski definition) is 1. The minimum absolute atomic E-state index is 0.728. The second-order valence-electron chi connectivity index (χ2n) is 3.22. The zero-order valence-corrected chi connectivity index (χ0v) is 8.37. The number of thioether (sulfide) groups is 1. The predicted octanol–water partition coefficient (Wildman–Crippen LogP) is 3.61. The monoisotopic (exact) mass is 168 g/mol. The van der Waals surface area contributed by atoms with Crippen LogP contribution in [0.3, 0.4) is 0 Å². The molecule has 0 aliphatic heterocycles. The van der Waals surface area contributed by atoms with Crippen LogP contribution in [0.2, 0.25) is 0 Å². The van der Waals surface area contributed by atoms with Crippen LogP contribution in [0.5, 0.6) is 0 Å². The lowest BCUT2D eigenvalue weighted by atomic mass is 9.95. The largest absolute Gasteiger partial charge is 0.130 e. The minimum atomic E-state index is 0.728. The Balaban J connectivity index is 2.68. The van der Waals surface area contributed by atoms with Crippen LogP contribution >= 0.6 is 11.8 Å². The lowest BCUT2D eigenvalue weighted by Crippen LogP contribution is -1.97. The average Bonchev–Trinajstić information content (AvgIpc) is 2.05. The van der Waals surface area contributed by atoms with Gasteiger partial charge < -0.3 is 0 Å². The van der Waals surface area contributed by atoms with Crippen LogP contribution in [-0.4, -0.2) is 6.26 Å². The molecule has 0 aromatic carbocycles. The normalized spacial score (nSPS) is 18.2. The van der Waals surface area contributed by atoms with E-state index in [1.165, 1.54) is 17.7 Å². The van der Waals surface area contributed by atoms with E-state index in [1.807, 2.05) is 11.8 Å². The molecule has 0 aromatic heterocycles. The Hall–Kier alpha value is -0.170. The average molecular weight is 168 g/mol. The highest BCUT2D eigenvalue weighted by atomic mass is 32.2. The van der Waals surface area contributed by atoms with E-state index in [2.05, 4.69) is 32.3 Å². The van der Waals surface area contributed by atoms with Crippen molar-refractivity contribution in [3.63, 3.8) is 0 Å². The molecule has 0 unspecified atom stereocenters. The summed E-state index contributed by atoms with van der Waals surface area (Å²) >= 11 is 1.85. The van der Waals surface area contributed by atoms with Crippen molar-refractivity contribution in [3.8, 4) is 0 Å². The number of hydrogen-bond donors (Lipinski definition) is 0. The van der Waals surface area contributed by atoms with Crippen molar-refractivity contribution in [3.05, 3.63) is 22.6 Å². The molecule has 0 N–H and O–H groups in total. The summed E-state index contributed by atoms with van der Waals surface area (Å²) in [5, 5.41) is 0. The number of allylic oxidation sites excluding steroid dienone is 3. The van der Waals surface area contributed by atoms with Crippen molar-refractivity contribution in [2.75, 3.05) is 6.26 Å². The van der Waals surface area contributed by atoms with E-state index in [0.29, 0.717) is 0 Å². The Morgan fingerprint density at radius 3 is 2.73 bits per heavy atom. The standard InChI is InChI=1S/C10H16S/c1-8(2)9-5-4-6-10(7-9)11-3/h6-8H,4-5H2,1-3H3. The third kappa shape index (κ3) is 2.41. The minimum Gasteiger partial charge on any atom is -0.130 e. The molecule has 0 saturated carbocycles. The third-order valence-corrected chi connectivity index (χ3v) is 2.84. The van der Waals surface area contributed by atoms with Gasteiger partial charge in [0, 0.05) is 4.91 Å². The van der Waals surface area contributed by atoms with Gasteiger partial charge >= 0.3 is 0 Å². The molecule has 0 amide bonds. The van der Waals surface area contributed by atoms with Crippen LogP contribution in [0.15, 0.2) is 22.6 Å². The molecule has 0 radical (unpaired) electrons. The SMILES string of the molecule is CSC1=CCCC(C(C)C)=C1. The highest BCUT2D eigenvalue weighted by Gasteiger charge is 2.07. The molecule has 0 bridgehead atoms. The fourth-order valence-electron chi connectivity index (χ4n) is 1.29. The lowest BCUT2D eigenvalue weighted by molar-refractivity contribution is 0.709. The maximum absolute atomic E-state index is 2.35. The molecule has 1 aliphatic carbocycles. The molecule has 0 heterocycles. The molecule has 1 heteroatoms. The maximum Gasteiger partial charge on any atom is 0.00289 e. The Labute approximate surface area is 73.8 Å². The van der Waals surface area contributed by atoms with Gasteiger partial charge in [0.2, 0.25) is 0 Å². The summed E-state index contributed by atoms with van der Waals surface area (Å²) in [7, 11) is 0. The van der Waals surface area contributed by atoms with Gasteiger partial charge in [-0.1, -0.05) is 25.5 Å². The molecule has 0 fully saturated rings. The van der Waals surface area contributed by atoms with E-state index in [4.69, 9.17) is 0 Å². The van der Waals surface area contributed by atoms with Gasteiger partial charge in [-0.05, 0) is 31.1 Å². The number of rotatable bonds is 2. The molecule has 11 heavy (non-hydrogen) atoms. The summed E-state index contributed by atoms with van der Waals surface area (Å²) < 4.78 is 0. The van der Waals surface area contributed by atoms with Crippen molar-refractivity contribution in [1.82, 2.24) is 0 Å². The van der Waals surface area contributed by atoms with Crippen molar-refractivity contribution in [2.24, 2.45) is 5.92 Å². The van der Waals surface area contributed by atoms with Gasteiger partial charge in [0.1, 0.15) is 0 Å². The predicted molar refractivity (Wildman–Crippen MR) is 53.8 cm³/mol. The van der Waals surface area contributed by atoms with Gasteiger partial charge in [0.05, 0.1) is 0 Å². The summed E-state index contributed by atoms with van der Waals surface area (Å²) in [6.07, 6.45) is 9.32. The fraction of sp³-hybridized carbons (Fsp3) is 0.600. The van der Waals surface area contributed by atoms with Crippen LogP contribution in [0.4, 0.5) is 0 Å². The van der Waals surface area contributed by atoms with Crippen LogP contribution in [0, 0.1) is 5.92 Å². The molecule has 62 valence electrons. The van der Waals surface area contributed by atoms with E-state index in [9.17, 15) is 0 Å². The topological polar surface area (TPSA) is 0 Å². The van der Waals surface area contributed by atoms with Crippen LogP contribution in [-0.2, 0) is 0 Å². The van der Waals surface area contributed by atoms with E-state index in [-0.39, 0.29) is 0 Å². The third-order valence-electron chi connectivity index (χ3n) is 2.08. The molecule has 0 atom stereocenters. The van der Waals surface area contributed by atoms with Crippen LogP contribution in [0.25, 0.3) is 0 Å². The maximum atomic E-state index is 2.35. The Morgan fingerprint density at radius 1 is 1.45 bits per heavy atom. The van der Waals surface area contributed by atoms with Gasteiger partial charge in [0.15, 0.2) is 0 Å². The van der Waals surface area contributed by atoms with Crippen LogP contribution < -0.4 is 0 Å². The van der Waals surface area contributed by atoms with Gasteiger partial charge in [-0.2, -0.15) is 0 Å². The molecular weight excluding hydrogens is 152 g/mol. The second-order valence-corrected chi connectivity index (χ2v) is 4.10. The second kappa shape index (κ2) is 4.01. The van der Waals surface area contributed by atoms with E-state index >= 15 is 0 Å². The Morgan fingerprint density at radius 2 is 2.18 bits per heavy atom.